The minimum atomic E-state index is -0.326. The molecule has 1 atom stereocenters. The van der Waals surface area contributed by atoms with Crippen LogP contribution in [0.5, 0.6) is 5.75 Å². The Bertz CT molecular complexity index is 1510. The van der Waals surface area contributed by atoms with Crippen LogP contribution in [0.4, 0.5) is 0 Å². The number of H-pyrrole nitrogens is 1. The van der Waals surface area contributed by atoms with Gasteiger partial charge in [-0.2, -0.15) is 5.10 Å². The van der Waals surface area contributed by atoms with E-state index in [0.717, 1.165) is 16.8 Å². The molecular weight excluding hydrogens is 434 g/mol. The molecule has 4 rings (SSSR count). The summed E-state index contributed by atoms with van der Waals surface area (Å²) in [5.41, 5.74) is 4.13. The predicted octanol–water partition coefficient (Wildman–Crippen LogP) is 2.43. The quantitative estimate of drug-likeness (QED) is 0.458. The fourth-order valence-corrected chi connectivity index (χ4v) is 4.31. The van der Waals surface area contributed by atoms with Gasteiger partial charge >= 0.3 is 0 Å². The number of rotatable bonds is 6. The van der Waals surface area contributed by atoms with E-state index in [-0.39, 0.29) is 29.5 Å². The van der Waals surface area contributed by atoms with Gasteiger partial charge in [0.25, 0.3) is 17.0 Å². The van der Waals surface area contributed by atoms with Gasteiger partial charge in [0, 0.05) is 37.1 Å². The number of pyridine rings is 2. The monoisotopic (exact) mass is 461 g/mol. The van der Waals surface area contributed by atoms with Crippen molar-refractivity contribution >= 4 is 11.4 Å². The lowest BCUT2D eigenvalue weighted by Crippen LogP contribution is -2.28. The Hall–Kier alpha value is -4.14. The summed E-state index contributed by atoms with van der Waals surface area (Å²) in [6.07, 6.45) is 3.39. The van der Waals surface area contributed by atoms with E-state index < -0.39 is 0 Å². The number of nitrogens with zero attached hydrogens (tertiary/aromatic N) is 3. The van der Waals surface area contributed by atoms with Crippen molar-refractivity contribution in [3.63, 3.8) is 0 Å². The molecule has 4 aromatic heterocycles. The van der Waals surface area contributed by atoms with Crippen molar-refractivity contribution in [2.24, 2.45) is 7.05 Å². The maximum atomic E-state index is 13.3. The summed E-state index contributed by atoms with van der Waals surface area (Å²) in [4.78, 5) is 40.7. The van der Waals surface area contributed by atoms with Gasteiger partial charge < -0.3 is 19.6 Å². The number of methoxy groups -OCH3 is 1. The zero-order chi connectivity index (χ0) is 24.6. The molecule has 1 amide bonds. The molecule has 34 heavy (non-hydrogen) atoms. The number of aromatic nitrogens is 4. The molecule has 1 unspecified atom stereocenters. The Morgan fingerprint density at radius 1 is 1.24 bits per heavy atom. The highest BCUT2D eigenvalue weighted by atomic mass is 16.5. The Kier molecular flexibility index (Phi) is 6.10. The molecule has 0 saturated carbocycles. The molecule has 0 aliphatic carbocycles. The smallest absolute Gasteiger partial charge is 0.256 e. The molecule has 4 heterocycles. The zero-order valence-electron chi connectivity index (χ0n) is 19.8. The summed E-state index contributed by atoms with van der Waals surface area (Å²) in [6.45, 7) is 5.63. The summed E-state index contributed by atoms with van der Waals surface area (Å²) in [5, 5.41) is 7.34. The molecule has 176 valence electrons. The van der Waals surface area contributed by atoms with E-state index in [9.17, 15) is 14.4 Å². The van der Waals surface area contributed by atoms with Crippen LogP contribution in [0, 0.1) is 13.8 Å². The molecule has 0 bridgehead atoms. The van der Waals surface area contributed by atoms with Gasteiger partial charge in [0.05, 0.1) is 36.0 Å². The number of amides is 1. The number of carbonyl (C=O) groups excluding carboxylic acids is 1. The lowest BCUT2D eigenvalue weighted by atomic mass is 9.95. The molecule has 0 aliphatic rings. The summed E-state index contributed by atoms with van der Waals surface area (Å²) < 4.78 is 8.58. The largest absolute Gasteiger partial charge is 0.496 e. The number of aromatic amines is 1. The molecule has 0 radical (unpaired) electrons. The molecule has 0 fully saturated rings. The van der Waals surface area contributed by atoms with E-state index in [1.54, 1.807) is 49.1 Å². The molecule has 9 heteroatoms. The van der Waals surface area contributed by atoms with Gasteiger partial charge in [0.1, 0.15) is 5.75 Å². The number of fused-ring (bicyclic) bond motifs is 1. The summed E-state index contributed by atoms with van der Waals surface area (Å²) >= 11 is 0. The van der Waals surface area contributed by atoms with Gasteiger partial charge in [0.2, 0.25) is 0 Å². The number of nitrogens with one attached hydrogen (secondary N) is 2. The third kappa shape index (κ3) is 4.00. The Morgan fingerprint density at radius 3 is 2.71 bits per heavy atom. The molecule has 0 aromatic carbocycles. The van der Waals surface area contributed by atoms with Crippen molar-refractivity contribution in [1.29, 1.82) is 0 Å². The topological polar surface area (TPSA) is 110 Å². The lowest BCUT2D eigenvalue weighted by Gasteiger charge is -2.14. The maximum Gasteiger partial charge on any atom is 0.256 e. The van der Waals surface area contributed by atoms with E-state index >= 15 is 0 Å². The van der Waals surface area contributed by atoms with Crippen LogP contribution >= 0.6 is 0 Å². The third-order valence-electron chi connectivity index (χ3n) is 6.14. The van der Waals surface area contributed by atoms with E-state index in [1.165, 1.54) is 11.7 Å². The van der Waals surface area contributed by atoms with Gasteiger partial charge in [0.15, 0.2) is 0 Å². The van der Waals surface area contributed by atoms with Crippen LogP contribution in [0.25, 0.3) is 5.52 Å². The van der Waals surface area contributed by atoms with E-state index in [2.05, 4.69) is 15.4 Å². The number of hydrogen-bond acceptors (Lipinski definition) is 5. The van der Waals surface area contributed by atoms with E-state index in [4.69, 9.17) is 4.74 Å². The lowest BCUT2D eigenvalue weighted by molar-refractivity contribution is 0.0951. The first-order valence-electron chi connectivity index (χ1n) is 10.9. The van der Waals surface area contributed by atoms with Gasteiger partial charge in [-0.15, -0.1) is 0 Å². The minimum absolute atomic E-state index is 0.00821. The van der Waals surface area contributed by atoms with E-state index in [1.807, 2.05) is 26.0 Å². The third-order valence-corrected chi connectivity index (χ3v) is 6.14. The molecule has 0 spiro atoms. The Labute approximate surface area is 196 Å². The molecule has 2 N–H and O–H groups in total. The summed E-state index contributed by atoms with van der Waals surface area (Å²) in [6, 6.07) is 8.81. The van der Waals surface area contributed by atoms with Crippen molar-refractivity contribution in [3.8, 4) is 5.75 Å². The molecule has 4 aromatic rings. The van der Waals surface area contributed by atoms with Gasteiger partial charge in [-0.05, 0) is 49.2 Å². The van der Waals surface area contributed by atoms with Crippen molar-refractivity contribution < 1.29 is 9.53 Å². The highest BCUT2D eigenvalue weighted by Crippen LogP contribution is 2.31. The standard InChI is InChI=1S/C25H27N5O4/c1-14-11-20(34-5)18(24(32)28-14)13-26-25(33)22-16(3)23(30-19(22)7-6-9-27-30)15(2)17-8-10-29(4)21(31)12-17/h6-12,15H,13H2,1-5H3,(H,26,33)(H,28,32). The number of aryl methyl sites for hydroxylation is 2. The average Bonchev–Trinajstić information content (AvgIpc) is 3.10. The highest BCUT2D eigenvalue weighted by molar-refractivity contribution is 6.03. The van der Waals surface area contributed by atoms with Crippen LogP contribution in [-0.4, -0.2) is 32.2 Å². The highest BCUT2D eigenvalue weighted by Gasteiger charge is 2.25. The van der Waals surface area contributed by atoms with Crippen LogP contribution in [0.1, 0.15) is 51.3 Å². The van der Waals surface area contributed by atoms with Crippen LogP contribution in [0.3, 0.4) is 0 Å². The second kappa shape index (κ2) is 9.01. The van der Waals surface area contributed by atoms with Crippen LogP contribution < -0.4 is 21.2 Å². The first-order valence-corrected chi connectivity index (χ1v) is 10.9. The fourth-order valence-electron chi connectivity index (χ4n) is 4.31. The Balaban J connectivity index is 1.74. The Morgan fingerprint density at radius 2 is 2.00 bits per heavy atom. The molecule has 0 aliphatic heterocycles. The predicted molar refractivity (Wildman–Crippen MR) is 129 cm³/mol. The molecular formula is C25H27N5O4. The second-order valence-electron chi connectivity index (χ2n) is 8.35. The molecule has 9 nitrogen and oxygen atoms in total. The van der Waals surface area contributed by atoms with Crippen molar-refractivity contribution in [2.45, 2.75) is 33.2 Å². The van der Waals surface area contributed by atoms with Crippen LogP contribution in [0.2, 0.25) is 0 Å². The van der Waals surface area contributed by atoms with Crippen molar-refractivity contribution in [3.05, 3.63) is 97.1 Å². The minimum Gasteiger partial charge on any atom is -0.496 e. The summed E-state index contributed by atoms with van der Waals surface area (Å²) in [7, 11) is 3.19. The first kappa shape index (κ1) is 23.0. The van der Waals surface area contributed by atoms with Crippen LogP contribution in [-0.2, 0) is 13.6 Å². The van der Waals surface area contributed by atoms with E-state index in [0.29, 0.717) is 28.1 Å². The molecule has 0 saturated heterocycles. The fraction of sp³-hybridized carbons (Fsp3) is 0.280. The summed E-state index contributed by atoms with van der Waals surface area (Å²) in [5.74, 6) is -0.0908. The first-order chi connectivity index (χ1) is 16.2. The number of hydrogen-bond donors (Lipinski definition) is 2. The zero-order valence-corrected chi connectivity index (χ0v) is 19.8. The van der Waals surface area contributed by atoms with Gasteiger partial charge in [-0.3, -0.25) is 14.4 Å². The number of carbonyl (C=O) groups is 1. The second-order valence-corrected chi connectivity index (χ2v) is 8.35. The van der Waals surface area contributed by atoms with Gasteiger partial charge in [-0.25, -0.2) is 4.52 Å². The number of ether oxygens (including phenoxy) is 1. The maximum absolute atomic E-state index is 13.3. The SMILES string of the molecule is COc1cc(C)[nH]c(=O)c1CNC(=O)c1c(C)c(C(C)c2ccn(C)c(=O)c2)n2ncccc12. The van der Waals surface area contributed by atoms with Gasteiger partial charge in [-0.1, -0.05) is 6.92 Å². The average molecular weight is 462 g/mol. The van der Waals surface area contributed by atoms with Crippen molar-refractivity contribution in [2.75, 3.05) is 7.11 Å². The van der Waals surface area contributed by atoms with Crippen molar-refractivity contribution in [1.82, 2.24) is 24.5 Å². The van der Waals surface area contributed by atoms with Crippen LogP contribution in [0.15, 0.2) is 52.3 Å². The normalized spacial score (nSPS) is 12.0.